The Morgan fingerprint density at radius 1 is 0.812 bits per heavy atom. The Kier molecular flexibility index (Phi) is 17.1. The average Bonchev–Trinajstić information content (AvgIpc) is 2.20. The van der Waals surface area contributed by atoms with E-state index in [1.165, 1.54) is 63.7 Å². The minimum Gasteiger partial charge on any atom is -0.746 e. The second kappa shape index (κ2) is 13.4. The van der Waals surface area contributed by atoms with Crippen LogP contribution in [0.25, 0.3) is 0 Å². The van der Waals surface area contributed by atoms with Gasteiger partial charge in [0.2, 0.25) is 0 Å². The van der Waals surface area contributed by atoms with Crippen LogP contribution in [0, 0.1) is 0 Å². The van der Waals surface area contributed by atoms with Gasteiger partial charge < -0.3 is 12.2 Å². The van der Waals surface area contributed by atoms with Crippen LogP contribution in [0.5, 0.6) is 0 Å². The van der Waals surface area contributed by atoms with Gasteiger partial charge in [0.1, 0.15) is 0 Å². The van der Waals surface area contributed by atoms with Crippen LogP contribution in [0.15, 0.2) is 0 Å². The smallest absolute Gasteiger partial charge is 0.746 e. The molecule has 0 aliphatic heterocycles. The summed E-state index contributed by atoms with van der Waals surface area (Å²) >= 11 is 11.1. The van der Waals surface area contributed by atoms with Gasteiger partial charge in [-0.3, -0.25) is 0 Å². The summed E-state index contributed by atoms with van der Waals surface area (Å²) in [5.74, 6) is 0. The fourth-order valence-corrected chi connectivity index (χ4v) is 4.85. The van der Waals surface area contributed by atoms with Gasteiger partial charge >= 0.3 is 29.6 Å². The quantitative estimate of drug-likeness (QED) is 0.261. The molecule has 0 aromatic heterocycles. The zero-order valence-corrected chi connectivity index (χ0v) is 15.9. The molecule has 0 saturated carbocycles. The van der Waals surface area contributed by atoms with E-state index in [0.29, 0.717) is 0 Å². The van der Waals surface area contributed by atoms with Crippen LogP contribution in [0.4, 0.5) is 0 Å². The SMILES string of the molecule is CCCCCCP(=S)([S-])CCCCCC.[Na+]. The molecule has 0 aromatic carbocycles. The van der Waals surface area contributed by atoms with Gasteiger partial charge in [0, 0.05) is 0 Å². The normalized spacial score (nSPS) is 11.2. The Hall–Kier alpha value is 2.00. The minimum atomic E-state index is -1.36. The largest absolute Gasteiger partial charge is 1.00 e. The zero-order chi connectivity index (χ0) is 11.6. The van der Waals surface area contributed by atoms with E-state index < -0.39 is 5.24 Å². The average molecular weight is 288 g/mol. The molecule has 0 aliphatic carbocycles. The summed E-state index contributed by atoms with van der Waals surface area (Å²) < 4.78 is 0. The molecule has 0 amide bonds. The van der Waals surface area contributed by atoms with Crippen molar-refractivity contribution in [1.29, 1.82) is 0 Å². The molecule has 0 aromatic rings. The summed E-state index contributed by atoms with van der Waals surface area (Å²) in [7, 11) is 0. The van der Waals surface area contributed by atoms with Crippen LogP contribution in [0.2, 0.25) is 0 Å². The van der Waals surface area contributed by atoms with Gasteiger partial charge in [-0.25, -0.2) is 0 Å². The molecule has 0 atom stereocenters. The van der Waals surface area contributed by atoms with Crippen LogP contribution < -0.4 is 29.6 Å². The molecular formula is C12H26NaPS2. The van der Waals surface area contributed by atoms with E-state index in [-0.39, 0.29) is 29.6 Å². The Morgan fingerprint density at radius 3 is 1.50 bits per heavy atom. The Bertz CT molecular complexity index is 170. The summed E-state index contributed by atoms with van der Waals surface area (Å²) in [6.45, 7) is 4.49. The summed E-state index contributed by atoms with van der Waals surface area (Å²) in [4.78, 5) is 0. The third-order valence-electron chi connectivity index (χ3n) is 2.70. The topological polar surface area (TPSA) is 0 Å². The minimum absolute atomic E-state index is 0. The van der Waals surface area contributed by atoms with Gasteiger partial charge in [-0.05, 0) is 12.3 Å². The molecule has 0 nitrogen and oxygen atoms in total. The van der Waals surface area contributed by atoms with Gasteiger partial charge in [0.05, 0.1) is 0 Å². The van der Waals surface area contributed by atoms with E-state index >= 15 is 0 Å². The van der Waals surface area contributed by atoms with E-state index in [1.807, 2.05) is 0 Å². The first-order chi connectivity index (χ1) is 7.12. The molecule has 92 valence electrons. The molecule has 0 heterocycles. The second-order valence-corrected chi connectivity index (χ2v) is 11.8. The molecule has 4 heteroatoms. The van der Waals surface area contributed by atoms with E-state index in [2.05, 4.69) is 13.8 Å². The number of unbranched alkanes of at least 4 members (excludes halogenated alkanes) is 6. The number of hydrogen-bond donors (Lipinski definition) is 0. The fraction of sp³-hybridized carbons (Fsp3) is 1.00. The van der Waals surface area contributed by atoms with Crippen molar-refractivity contribution < 1.29 is 29.6 Å². The Labute approximate surface area is 135 Å². The Balaban J connectivity index is 0. The van der Waals surface area contributed by atoms with Gasteiger partial charge in [0.25, 0.3) is 0 Å². The molecule has 0 N–H and O–H groups in total. The maximum Gasteiger partial charge on any atom is 1.00 e. The molecule has 16 heavy (non-hydrogen) atoms. The van der Waals surface area contributed by atoms with E-state index in [0.717, 1.165) is 0 Å². The van der Waals surface area contributed by atoms with Crippen molar-refractivity contribution in [2.24, 2.45) is 0 Å². The van der Waals surface area contributed by atoms with E-state index in [9.17, 15) is 0 Å². The van der Waals surface area contributed by atoms with Crippen molar-refractivity contribution in [3.63, 3.8) is 0 Å². The predicted octanol–water partition coefficient (Wildman–Crippen LogP) is 2.09. The van der Waals surface area contributed by atoms with Crippen molar-refractivity contribution in [2.45, 2.75) is 65.2 Å². The van der Waals surface area contributed by atoms with Crippen LogP contribution in [0.1, 0.15) is 65.2 Å². The van der Waals surface area contributed by atoms with Crippen molar-refractivity contribution in [1.82, 2.24) is 0 Å². The molecule has 0 saturated heterocycles. The van der Waals surface area contributed by atoms with Crippen molar-refractivity contribution >= 4 is 29.3 Å². The summed E-state index contributed by atoms with van der Waals surface area (Å²) in [5, 5.41) is -1.36. The van der Waals surface area contributed by atoms with E-state index in [1.54, 1.807) is 0 Å². The molecule has 0 aliphatic rings. The van der Waals surface area contributed by atoms with Gasteiger partial charge in [-0.1, -0.05) is 65.2 Å². The monoisotopic (exact) mass is 288 g/mol. The third kappa shape index (κ3) is 14.1. The molecule has 0 rings (SSSR count). The summed E-state index contributed by atoms with van der Waals surface area (Å²) in [5.41, 5.74) is 0. The van der Waals surface area contributed by atoms with Crippen molar-refractivity contribution in [3.05, 3.63) is 0 Å². The summed E-state index contributed by atoms with van der Waals surface area (Å²) in [6.07, 6.45) is 12.9. The van der Waals surface area contributed by atoms with Crippen LogP contribution >= 0.6 is 5.24 Å². The molecule has 0 unspecified atom stereocenters. The second-order valence-electron chi connectivity index (χ2n) is 4.38. The molecule has 0 radical (unpaired) electrons. The summed E-state index contributed by atoms with van der Waals surface area (Å²) in [6, 6.07) is 0. The van der Waals surface area contributed by atoms with E-state index in [4.69, 9.17) is 24.1 Å². The van der Waals surface area contributed by atoms with Crippen LogP contribution in [-0.4, -0.2) is 12.3 Å². The molecule has 0 spiro atoms. The molecule has 0 bridgehead atoms. The maximum absolute atomic E-state index is 5.57. The van der Waals surface area contributed by atoms with Gasteiger partial charge in [-0.15, -0.1) is 11.8 Å². The first-order valence-corrected chi connectivity index (χ1v) is 10.6. The van der Waals surface area contributed by atoms with Crippen LogP contribution in [-0.2, 0) is 24.1 Å². The van der Waals surface area contributed by atoms with Crippen LogP contribution in [0.3, 0.4) is 0 Å². The van der Waals surface area contributed by atoms with Crippen molar-refractivity contribution in [3.8, 4) is 0 Å². The number of rotatable bonds is 10. The number of hydrogen-bond acceptors (Lipinski definition) is 2. The molecule has 0 fully saturated rings. The van der Waals surface area contributed by atoms with Gasteiger partial charge in [-0.2, -0.15) is 5.24 Å². The first-order valence-electron chi connectivity index (χ1n) is 6.41. The fourth-order valence-electron chi connectivity index (χ4n) is 1.67. The first kappa shape index (κ1) is 20.3. The predicted molar refractivity (Wildman–Crippen MR) is 79.7 cm³/mol. The third-order valence-corrected chi connectivity index (χ3v) is 6.89. The standard InChI is InChI=1S/C12H27PS2.Na/c1-3-5-7-9-11-13(14,15)12-10-8-6-4-2;/h3-12H2,1-2H3,(H,14,15);/q;+1/p-1. The maximum atomic E-state index is 5.57. The molecular weight excluding hydrogens is 262 g/mol. The van der Waals surface area contributed by atoms with Crippen molar-refractivity contribution in [2.75, 3.05) is 12.3 Å². The zero-order valence-electron chi connectivity index (χ0n) is 11.3. The van der Waals surface area contributed by atoms with Gasteiger partial charge in [0.15, 0.2) is 0 Å². The Morgan fingerprint density at radius 2 is 1.19 bits per heavy atom.